The standard InChI is InChI=1S/C25H35NO/c1-8-9-10-18-13-22-23(25(6,7)16-24(22,4)5)15-21(18)20(17(2)3)14-19-11-12-26-27-19/h11-13,15H,8-10,14,16H2,1-7H3. The van der Waals surface area contributed by atoms with Gasteiger partial charge in [0, 0.05) is 12.5 Å². The van der Waals surface area contributed by atoms with Crippen molar-refractivity contribution in [1.29, 1.82) is 0 Å². The molecule has 2 aromatic rings. The quantitative estimate of drug-likeness (QED) is 0.550. The maximum absolute atomic E-state index is 5.44. The number of aromatic nitrogens is 1. The van der Waals surface area contributed by atoms with E-state index in [1.807, 2.05) is 6.07 Å². The molecule has 0 spiro atoms. The molecule has 2 heteroatoms. The summed E-state index contributed by atoms with van der Waals surface area (Å²) in [6, 6.07) is 7.02. The van der Waals surface area contributed by atoms with Crippen LogP contribution in [-0.2, 0) is 23.7 Å². The second kappa shape index (κ2) is 7.30. The molecule has 0 aliphatic heterocycles. The first kappa shape index (κ1) is 19.9. The van der Waals surface area contributed by atoms with Crippen LogP contribution < -0.4 is 0 Å². The SMILES string of the molecule is CCCCc1cc2c(cc1C(Cc1ccno1)=C(C)C)C(C)(C)CC2(C)C. The number of rotatable bonds is 6. The number of unbranched alkanes of at least 4 members (excludes halogenated alkanes) is 1. The Balaban J connectivity index is 2.17. The molecule has 0 atom stereocenters. The largest absolute Gasteiger partial charge is 0.361 e. The number of fused-ring (bicyclic) bond motifs is 1. The van der Waals surface area contributed by atoms with Crippen molar-refractivity contribution in [2.75, 3.05) is 0 Å². The van der Waals surface area contributed by atoms with Gasteiger partial charge in [-0.3, -0.25) is 0 Å². The lowest BCUT2D eigenvalue weighted by Crippen LogP contribution is -2.18. The zero-order valence-electron chi connectivity index (χ0n) is 18.2. The Labute approximate surface area is 165 Å². The second-order valence-corrected chi connectivity index (χ2v) is 9.74. The summed E-state index contributed by atoms with van der Waals surface area (Å²) < 4.78 is 5.44. The molecule has 0 fully saturated rings. The third-order valence-electron chi connectivity index (χ3n) is 6.16. The molecule has 1 aromatic heterocycles. The fourth-order valence-corrected chi connectivity index (χ4v) is 4.96. The van der Waals surface area contributed by atoms with E-state index in [0.717, 1.165) is 18.6 Å². The summed E-state index contributed by atoms with van der Waals surface area (Å²) in [7, 11) is 0. The number of nitrogens with zero attached hydrogens (tertiary/aromatic N) is 1. The monoisotopic (exact) mass is 365 g/mol. The van der Waals surface area contributed by atoms with Crippen LogP contribution in [0.3, 0.4) is 0 Å². The lowest BCUT2D eigenvalue weighted by molar-refractivity contribution is 0.391. The number of aryl methyl sites for hydroxylation is 1. The average molecular weight is 366 g/mol. The van der Waals surface area contributed by atoms with E-state index in [1.54, 1.807) is 11.8 Å². The first-order valence-corrected chi connectivity index (χ1v) is 10.4. The van der Waals surface area contributed by atoms with Crippen molar-refractivity contribution in [2.45, 2.75) is 91.4 Å². The second-order valence-electron chi connectivity index (χ2n) is 9.74. The Kier molecular flexibility index (Phi) is 5.38. The van der Waals surface area contributed by atoms with Gasteiger partial charge in [-0.15, -0.1) is 0 Å². The third-order valence-corrected chi connectivity index (χ3v) is 6.16. The Morgan fingerprint density at radius 3 is 2.30 bits per heavy atom. The number of allylic oxidation sites excluding steroid dienone is 2. The molecular formula is C25H35NO. The highest BCUT2D eigenvalue weighted by atomic mass is 16.5. The van der Waals surface area contributed by atoms with Crippen molar-refractivity contribution in [1.82, 2.24) is 5.16 Å². The number of benzene rings is 1. The Morgan fingerprint density at radius 2 is 1.74 bits per heavy atom. The van der Waals surface area contributed by atoms with Crippen LogP contribution >= 0.6 is 0 Å². The van der Waals surface area contributed by atoms with Crippen LogP contribution in [0.5, 0.6) is 0 Å². The summed E-state index contributed by atoms with van der Waals surface area (Å²) >= 11 is 0. The summed E-state index contributed by atoms with van der Waals surface area (Å²) in [5.41, 5.74) is 9.21. The molecule has 27 heavy (non-hydrogen) atoms. The minimum absolute atomic E-state index is 0.218. The topological polar surface area (TPSA) is 26.0 Å². The van der Waals surface area contributed by atoms with Gasteiger partial charge in [0.05, 0.1) is 6.20 Å². The molecule has 0 saturated carbocycles. The van der Waals surface area contributed by atoms with Crippen LogP contribution in [0.4, 0.5) is 0 Å². The maximum Gasteiger partial charge on any atom is 0.141 e. The van der Waals surface area contributed by atoms with Gasteiger partial charge in [0.25, 0.3) is 0 Å². The lowest BCUT2D eigenvalue weighted by atomic mass is 9.82. The summed E-state index contributed by atoms with van der Waals surface area (Å²) in [4.78, 5) is 0. The Hall–Kier alpha value is -1.83. The van der Waals surface area contributed by atoms with E-state index in [1.165, 1.54) is 47.1 Å². The normalized spacial score (nSPS) is 17.0. The predicted molar refractivity (Wildman–Crippen MR) is 114 cm³/mol. The van der Waals surface area contributed by atoms with Gasteiger partial charge in [0.15, 0.2) is 0 Å². The van der Waals surface area contributed by atoms with Crippen LogP contribution in [0.15, 0.2) is 34.5 Å². The van der Waals surface area contributed by atoms with Gasteiger partial charge < -0.3 is 4.52 Å². The molecule has 1 heterocycles. The summed E-state index contributed by atoms with van der Waals surface area (Å²) in [5.74, 6) is 0.938. The van der Waals surface area contributed by atoms with Crippen molar-refractivity contribution in [3.8, 4) is 0 Å². The van der Waals surface area contributed by atoms with E-state index in [2.05, 4.69) is 65.8 Å². The van der Waals surface area contributed by atoms with Crippen LogP contribution in [-0.4, -0.2) is 5.16 Å². The molecule has 0 amide bonds. The van der Waals surface area contributed by atoms with Crippen LogP contribution in [0.1, 0.15) is 95.7 Å². The molecule has 0 bridgehead atoms. The Bertz CT molecular complexity index is 833. The number of hydrogen-bond acceptors (Lipinski definition) is 2. The van der Waals surface area contributed by atoms with Gasteiger partial charge in [-0.05, 0) is 71.8 Å². The van der Waals surface area contributed by atoms with E-state index in [9.17, 15) is 0 Å². The maximum atomic E-state index is 5.44. The predicted octanol–water partition coefficient (Wildman–Crippen LogP) is 7.01. The van der Waals surface area contributed by atoms with Gasteiger partial charge in [-0.2, -0.15) is 0 Å². The van der Waals surface area contributed by atoms with Gasteiger partial charge in [0.2, 0.25) is 0 Å². The van der Waals surface area contributed by atoms with Crippen molar-refractivity contribution >= 4 is 5.57 Å². The third kappa shape index (κ3) is 3.90. The van der Waals surface area contributed by atoms with Crippen molar-refractivity contribution in [2.24, 2.45) is 0 Å². The van der Waals surface area contributed by atoms with Gasteiger partial charge in [-0.1, -0.05) is 63.9 Å². The zero-order valence-corrected chi connectivity index (χ0v) is 18.2. The molecule has 2 nitrogen and oxygen atoms in total. The molecular weight excluding hydrogens is 330 g/mol. The Morgan fingerprint density at radius 1 is 1.07 bits per heavy atom. The highest BCUT2D eigenvalue weighted by molar-refractivity contribution is 5.74. The van der Waals surface area contributed by atoms with E-state index in [0.29, 0.717) is 0 Å². The van der Waals surface area contributed by atoms with Gasteiger partial charge in [-0.25, -0.2) is 0 Å². The lowest BCUT2D eigenvalue weighted by Gasteiger charge is -2.22. The fourth-order valence-electron chi connectivity index (χ4n) is 4.96. The molecule has 1 aromatic carbocycles. The van der Waals surface area contributed by atoms with Crippen LogP contribution in [0, 0.1) is 0 Å². The van der Waals surface area contributed by atoms with E-state index < -0.39 is 0 Å². The van der Waals surface area contributed by atoms with Gasteiger partial charge in [0.1, 0.15) is 5.76 Å². The molecule has 0 radical (unpaired) electrons. The van der Waals surface area contributed by atoms with E-state index >= 15 is 0 Å². The van der Waals surface area contributed by atoms with Gasteiger partial charge >= 0.3 is 0 Å². The van der Waals surface area contributed by atoms with E-state index in [4.69, 9.17) is 4.52 Å². The molecule has 0 saturated heterocycles. The molecule has 1 aliphatic carbocycles. The first-order valence-electron chi connectivity index (χ1n) is 10.4. The molecule has 146 valence electrons. The highest BCUT2D eigenvalue weighted by Crippen LogP contribution is 2.50. The fraction of sp³-hybridized carbons (Fsp3) is 0.560. The highest BCUT2D eigenvalue weighted by Gasteiger charge is 2.42. The van der Waals surface area contributed by atoms with Crippen molar-refractivity contribution < 1.29 is 4.52 Å². The summed E-state index contributed by atoms with van der Waals surface area (Å²) in [6.07, 6.45) is 7.35. The van der Waals surface area contributed by atoms with E-state index in [-0.39, 0.29) is 10.8 Å². The minimum atomic E-state index is 0.218. The van der Waals surface area contributed by atoms with Crippen LogP contribution in [0.2, 0.25) is 0 Å². The summed E-state index contributed by atoms with van der Waals surface area (Å²) in [6.45, 7) is 16.3. The molecule has 0 N–H and O–H groups in total. The number of hydrogen-bond donors (Lipinski definition) is 0. The molecule has 3 rings (SSSR count). The summed E-state index contributed by atoms with van der Waals surface area (Å²) in [5, 5.41) is 3.90. The first-order chi connectivity index (χ1) is 12.7. The average Bonchev–Trinajstić information content (AvgIpc) is 3.14. The molecule has 0 unspecified atom stereocenters. The van der Waals surface area contributed by atoms with Crippen LogP contribution in [0.25, 0.3) is 5.57 Å². The smallest absolute Gasteiger partial charge is 0.141 e. The van der Waals surface area contributed by atoms with Crippen molar-refractivity contribution in [3.63, 3.8) is 0 Å². The minimum Gasteiger partial charge on any atom is -0.361 e. The zero-order chi connectivity index (χ0) is 19.8. The molecule has 1 aliphatic rings. The van der Waals surface area contributed by atoms with Crippen molar-refractivity contribution in [3.05, 3.63) is 58.0 Å².